The Kier molecular flexibility index (Phi) is 10.6. The Morgan fingerprint density at radius 2 is 1.87 bits per heavy atom. The van der Waals surface area contributed by atoms with Crippen molar-refractivity contribution in [2.24, 2.45) is 17.8 Å². The van der Waals surface area contributed by atoms with Crippen molar-refractivity contribution in [3.8, 4) is 5.75 Å². The lowest BCUT2D eigenvalue weighted by molar-refractivity contribution is -0.0981. The second-order valence-electron chi connectivity index (χ2n) is 17.2. The third-order valence-electron chi connectivity index (χ3n) is 13.9. The van der Waals surface area contributed by atoms with Gasteiger partial charge in [-0.05, 0) is 105 Å². The van der Waals surface area contributed by atoms with Gasteiger partial charge in [0.1, 0.15) is 11.4 Å². The SMILES string of the molecule is CO[C@@]1(CN2CCN3CCS(=O)(=O)C[C@H]3C2)/C=C/C[C@H](C)[C@@H](C)S(=O)(=O)NC(=O)c2ccc3c(c2)N(C[C@@H]2CC[C@H]21)C[C@@]1(CCCc2cc(Cl)ccc21)CO3. The van der Waals surface area contributed by atoms with E-state index in [4.69, 9.17) is 21.1 Å². The molecule has 8 rings (SSSR count). The van der Waals surface area contributed by atoms with Gasteiger partial charge in [-0.2, -0.15) is 0 Å². The summed E-state index contributed by atoms with van der Waals surface area (Å²) in [6.07, 6.45) is 9.61. The van der Waals surface area contributed by atoms with Gasteiger partial charge in [0.2, 0.25) is 10.0 Å². The second kappa shape index (κ2) is 14.9. The van der Waals surface area contributed by atoms with E-state index in [9.17, 15) is 21.6 Å². The number of allylic oxidation sites excluding steroid dienone is 1. The molecule has 7 atom stereocenters. The largest absolute Gasteiger partial charge is 0.490 e. The number of carbonyl (C=O) groups is 1. The number of ether oxygens (including phenoxy) is 2. The second-order valence-corrected chi connectivity index (χ2v) is 21.9. The van der Waals surface area contributed by atoms with Crippen molar-refractivity contribution in [2.75, 3.05) is 75.9 Å². The monoisotopic (exact) mass is 814 g/mol. The summed E-state index contributed by atoms with van der Waals surface area (Å²) in [6, 6.07) is 11.4. The topological polar surface area (TPSA) is 126 Å². The lowest BCUT2D eigenvalue weighted by Crippen LogP contribution is -2.63. The molecule has 0 aromatic heterocycles. The van der Waals surface area contributed by atoms with Crippen LogP contribution >= 0.6 is 11.6 Å². The molecule has 2 aliphatic carbocycles. The van der Waals surface area contributed by atoms with E-state index >= 15 is 0 Å². The number of aryl methyl sites for hydroxylation is 1. The van der Waals surface area contributed by atoms with Crippen LogP contribution in [0.15, 0.2) is 48.6 Å². The van der Waals surface area contributed by atoms with Gasteiger partial charge in [0.05, 0.1) is 29.0 Å². The predicted molar refractivity (Wildman–Crippen MR) is 215 cm³/mol. The van der Waals surface area contributed by atoms with E-state index in [0.29, 0.717) is 51.5 Å². The zero-order valence-electron chi connectivity index (χ0n) is 32.2. The van der Waals surface area contributed by atoms with Crippen molar-refractivity contribution in [3.05, 3.63) is 70.3 Å². The fourth-order valence-electron chi connectivity index (χ4n) is 10.3. The number of sulfonamides is 1. The van der Waals surface area contributed by atoms with Gasteiger partial charge in [-0.1, -0.05) is 36.7 Å². The highest BCUT2D eigenvalue weighted by molar-refractivity contribution is 7.91. The highest BCUT2D eigenvalue weighted by Crippen LogP contribution is 2.49. The Morgan fingerprint density at radius 1 is 1.04 bits per heavy atom. The third kappa shape index (κ3) is 7.58. The molecule has 1 N–H and O–H groups in total. The van der Waals surface area contributed by atoms with Gasteiger partial charge in [-0.25, -0.2) is 21.6 Å². The van der Waals surface area contributed by atoms with Gasteiger partial charge < -0.3 is 14.4 Å². The molecule has 14 heteroatoms. The zero-order valence-corrected chi connectivity index (χ0v) is 34.6. The number of fused-ring (bicyclic) bond motifs is 5. The van der Waals surface area contributed by atoms with E-state index in [1.165, 1.54) is 11.1 Å². The van der Waals surface area contributed by atoms with Gasteiger partial charge >= 0.3 is 0 Å². The van der Waals surface area contributed by atoms with Crippen molar-refractivity contribution in [1.82, 2.24) is 14.5 Å². The molecule has 55 heavy (non-hydrogen) atoms. The van der Waals surface area contributed by atoms with Gasteiger partial charge in [-0.3, -0.25) is 14.6 Å². The number of sulfone groups is 1. The summed E-state index contributed by atoms with van der Waals surface area (Å²) in [7, 11) is -5.30. The fraction of sp³-hybridized carbons (Fsp3) is 0.634. The van der Waals surface area contributed by atoms with Crippen LogP contribution in [0.25, 0.3) is 0 Å². The highest BCUT2D eigenvalue weighted by atomic mass is 35.5. The van der Waals surface area contributed by atoms with Crippen LogP contribution in [0, 0.1) is 17.8 Å². The molecule has 6 aliphatic rings. The molecular formula is C41H55ClN4O7S2. The number of benzene rings is 2. The van der Waals surface area contributed by atoms with E-state index in [1.807, 2.05) is 19.1 Å². The first-order valence-electron chi connectivity index (χ1n) is 20.0. The molecule has 2 aromatic rings. The molecule has 2 saturated heterocycles. The lowest BCUT2D eigenvalue weighted by Gasteiger charge is -2.53. The number of piperazine rings is 1. The quantitative estimate of drug-likeness (QED) is 0.437. The normalized spacial score (nSPS) is 35.5. The minimum Gasteiger partial charge on any atom is -0.490 e. The lowest BCUT2D eigenvalue weighted by atomic mass is 9.63. The molecule has 0 radical (unpaired) electrons. The van der Waals surface area contributed by atoms with Crippen LogP contribution in [0.2, 0.25) is 5.02 Å². The number of hydrogen-bond donors (Lipinski definition) is 1. The minimum atomic E-state index is -4.01. The summed E-state index contributed by atoms with van der Waals surface area (Å²) >= 11 is 6.50. The number of anilines is 1. The molecule has 1 saturated carbocycles. The Morgan fingerprint density at radius 3 is 2.65 bits per heavy atom. The molecule has 1 spiro atoms. The summed E-state index contributed by atoms with van der Waals surface area (Å²) in [5, 5.41) is -0.107. The third-order valence-corrected chi connectivity index (χ3v) is 17.8. The first-order valence-corrected chi connectivity index (χ1v) is 23.7. The van der Waals surface area contributed by atoms with Crippen LogP contribution in [0.3, 0.4) is 0 Å². The van der Waals surface area contributed by atoms with Gasteiger partial charge in [-0.15, -0.1) is 0 Å². The number of rotatable bonds is 3. The number of nitrogens with one attached hydrogen (secondary N) is 1. The van der Waals surface area contributed by atoms with Gasteiger partial charge in [0.15, 0.2) is 9.84 Å². The fourth-order valence-corrected chi connectivity index (χ4v) is 13.4. The molecule has 3 fully saturated rings. The summed E-state index contributed by atoms with van der Waals surface area (Å²) in [5.74, 6) is 0.555. The Bertz CT molecular complexity index is 2060. The maximum absolute atomic E-state index is 13.7. The Labute approximate surface area is 331 Å². The maximum Gasteiger partial charge on any atom is 0.264 e. The van der Waals surface area contributed by atoms with Crippen molar-refractivity contribution in [2.45, 2.75) is 74.7 Å². The summed E-state index contributed by atoms with van der Waals surface area (Å²) in [6.45, 7) is 8.90. The number of methoxy groups -OCH3 is 1. The molecule has 4 heterocycles. The highest BCUT2D eigenvalue weighted by Gasteiger charge is 2.50. The van der Waals surface area contributed by atoms with Crippen molar-refractivity contribution in [1.29, 1.82) is 0 Å². The van der Waals surface area contributed by atoms with Crippen molar-refractivity contribution in [3.63, 3.8) is 0 Å². The average Bonchev–Trinajstić information content (AvgIpc) is 3.28. The van der Waals surface area contributed by atoms with Crippen LogP contribution in [0.1, 0.15) is 67.4 Å². The zero-order chi connectivity index (χ0) is 38.8. The van der Waals surface area contributed by atoms with E-state index in [0.717, 1.165) is 55.9 Å². The number of hydrogen-bond acceptors (Lipinski definition) is 10. The van der Waals surface area contributed by atoms with Crippen LogP contribution in [-0.2, 0) is 36.4 Å². The van der Waals surface area contributed by atoms with Crippen molar-refractivity contribution >= 4 is 43.1 Å². The van der Waals surface area contributed by atoms with Crippen LogP contribution in [-0.4, -0.2) is 120 Å². The Hall–Kier alpha value is -2.68. The van der Waals surface area contributed by atoms with Crippen LogP contribution in [0.5, 0.6) is 5.75 Å². The van der Waals surface area contributed by atoms with E-state index in [-0.39, 0.29) is 46.3 Å². The number of nitrogens with zero attached hydrogens (tertiary/aromatic N) is 3. The minimum absolute atomic E-state index is 0.0395. The van der Waals surface area contributed by atoms with E-state index in [2.05, 4.69) is 43.7 Å². The first-order chi connectivity index (χ1) is 26.2. The molecule has 0 unspecified atom stereocenters. The molecule has 11 nitrogen and oxygen atoms in total. The number of amides is 1. The maximum atomic E-state index is 13.7. The van der Waals surface area contributed by atoms with Gasteiger partial charge in [0.25, 0.3) is 5.91 Å². The van der Waals surface area contributed by atoms with E-state index in [1.54, 1.807) is 26.2 Å². The molecule has 300 valence electrons. The van der Waals surface area contributed by atoms with Crippen LogP contribution < -0.4 is 14.4 Å². The van der Waals surface area contributed by atoms with Crippen molar-refractivity contribution < 1.29 is 31.1 Å². The molecular weight excluding hydrogens is 760 g/mol. The molecule has 1 amide bonds. The summed E-state index contributed by atoms with van der Waals surface area (Å²) < 4.78 is 68.3. The average molecular weight is 815 g/mol. The first kappa shape index (κ1) is 39.2. The molecule has 2 aromatic carbocycles. The molecule has 2 bridgehead atoms. The summed E-state index contributed by atoms with van der Waals surface area (Å²) in [4.78, 5) is 20.8. The summed E-state index contributed by atoms with van der Waals surface area (Å²) in [5.41, 5.74) is 2.56. The smallest absolute Gasteiger partial charge is 0.264 e. The Balaban J connectivity index is 1.18. The molecule has 4 aliphatic heterocycles. The van der Waals surface area contributed by atoms with Gasteiger partial charge in [0, 0.05) is 75.0 Å². The predicted octanol–water partition coefficient (Wildman–Crippen LogP) is 4.68. The van der Waals surface area contributed by atoms with E-state index < -0.39 is 36.6 Å². The number of halogens is 1. The standard InChI is InChI=1S/C41H55ClN4O7S2/c1-28-6-4-15-41(52-3,26-44-16-17-45-18-19-54(48,49)24-34(45)23-44)36-11-8-32(36)22-46-25-40(14-5-7-30-20-33(42)10-12-35(30)40)27-53-38-13-9-31(21-37(38)46)39(47)43-55(50,51)29(28)2/h4,9-10,12-13,15,20-21,28-29,32,34,36H,5-8,11,14,16-19,22-27H2,1-3H3,(H,43,47)/b15-4+/t28-,29+,32-,34+,36+,40-,41+/m0/s1. The number of carbonyl (C=O) groups excluding carboxylic acids is 1. The van der Waals surface area contributed by atoms with Crippen LogP contribution in [0.4, 0.5) is 5.69 Å².